The van der Waals surface area contributed by atoms with Gasteiger partial charge in [-0.05, 0) is 18.8 Å². The standard InChI is InChI=1S/C14H23N3O/c1-14(2,3)13-16-11(15)8-12(17-13)18-9-10-6-4-5-7-10/h8,10H,4-7,9H2,1-3H3,(H2,15,16,17). The van der Waals surface area contributed by atoms with Crippen molar-refractivity contribution in [2.45, 2.75) is 51.9 Å². The van der Waals surface area contributed by atoms with Crippen LogP contribution in [0.1, 0.15) is 52.3 Å². The van der Waals surface area contributed by atoms with Crippen LogP contribution < -0.4 is 10.5 Å². The predicted octanol–water partition coefficient (Wildman–Crippen LogP) is 2.93. The topological polar surface area (TPSA) is 61.0 Å². The lowest BCUT2D eigenvalue weighted by Gasteiger charge is -2.18. The maximum Gasteiger partial charge on any atom is 0.218 e. The normalized spacial score (nSPS) is 17.1. The molecule has 0 unspecified atom stereocenters. The molecule has 0 aliphatic heterocycles. The van der Waals surface area contributed by atoms with Crippen molar-refractivity contribution in [3.63, 3.8) is 0 Å². The molecule has 4 nitrogen and oxygen atoms in total. The third-order valence-corrected chi connectivity index (χ3v) is 3.33. The van der Waals surface area contributed by atoms with Crippen molar-refractivity contribution >= 4 is 5.82 Å². The van der Waals surface area contributed by atoms with Crippen LogP contribution in [0.3, 0.4) is 0 Å². The zero-order valence-electron chi connectivity index (χ0n) is 11.6. The van der Waals surface area contributed by atoms with Gasteiger partial charge in [-0.25, -0.2) is 4.98 Å². The molecule has 1 aromatic rings. The van der Waals surface area contributed by atoms with Crippen molar-refractivity contribution < 1.29 is 4.74 Å². The summed E-state index contributed by atoms with van der Waals surface area (Å²) in [5.41, 5.74) is 5.70. The largest absolute Gasteiger partial charge is 0.477 e. The van der Waals surface area contributed by atoms with Gasteiger partial charge in [0, 0.05) is 11.5 Å². The Morgan fingerprint density at radius 1 is 1.28 bits per heavy atom. The molecule has 0 bridgehead atoms. The lowest BCUT2D eigenvalue weighted by atomic mass is 9.96. The minimum absolute atomic E-state index is 0.110. The Hall–Kier alpha value is -1.32. The number of rotatable bonds is 3. The highest BCUT2D eigenvalue weighted by Gasteiger charge is 2.20. The fourth-order valence-electron chi connectivity index (χ4n) is 2.23. The molecule has 1 saturated carbocycles. The predicted molar refractivity (Wildman–Crippen MR) is 72.6 cm³/mol. The van der Waals surface area contributed by atoms with Crippen molar-refractivity contribution in [1.82, 2.24) is 9.97 Å². The number of hydrogen-bond donors (Lipinski definition) is 1. The van der Waals surface area contributed by atoms with Gasteiger partial charge in [-0.1, -0.05) is 33.6 Å². The first-order valence-electron chi connectivity index (χ1n) is 6.73. The number of hydrogen-bond acceptors (Lipinski definition) is 4. The highest BCUT2D eigenvalue weighted by molar-refractivity contribution is 5.34. The Labute approximate surface area is 109 Å². The van der Waals surface area contributed by atoms with Gasteiger partial charge in [-0.3, -0.25) is 0 Å². The Morgan fingerprint density at radius 2 is 1.94 bits per heavy atom. The zero-order valence-corrected chi connectivity index (χ0v) is 11.6. The number of ether oxygens (including phenoxy) is 1. The van der Waals surface area contributed by atoms with E-state index in [9.17, 15) is 0 Å². The molecule has 4 heteroatoms. The molecule has 1 aromatic heterocycles. The third kappa shape index (κ3) is 3.34. The maximum atomic E-state index is 5.81. The van der Waals surface area contributed by atoms with E-state index in [0.717, 1.165) is 12.4 Å². The zero-order chi connectivity index (χ0) is 13.2. The summed E-state index contributed by atoms with van der Waals surface area (Å²) in [6.07, 6.45) is 5.19. The summed E-state index contributed by atoms with van der Waals surface area (Å²) in [6, 6.07) is 1.71. The Bertz CT molecular complexity index is 406. The summed E-state index contributed by atoms with van der Waals surface area (Å²) < 4.78 is 5.78. The highest BCUT2D eigenvalue weighted by Crippen LogP contribution is 2.26. The molecule has 0 aromatic carbocycles. The second kappa shape index (κ2) is 5.12. The van der Waals surface area contributed by atoms with E-state index in [2.05, 4.69) is 30.7 Å². The third-order valence-electron chi connectivity index (χ3n) is 3.33. The van der Waals surface area contributed by atoms with Crippen LogP contribution in [0.25, 0.3) is 0 Å². The molecule has 100 valence electrons. The van der Waals surface area contributed by atoms with Gasteiger partial charge >= 0.3 is 0 Å². The van der Waals surface area contributed by atoms with E-state index in [1.165, 1.54) is 25.7 Å². The van der Waals surface area contributed by atoms with Gasteiger partial charge in [0.2, 0.25) is 5.88 Å². The fourth-order valence-corrected chi connectivity index (χ4v) is 2.23. The molecule has 1 aliphatic carbocycles. The second-order valence-electron chi connectivity index (χ2n) is 6.17. The molecule has 18 heavy (non-hydrogen) atoms. The Morgan fingerprint density at radius 3 is 2.56 bits per heavy atom. The van der Waals surface area contributed by atoms with E-state index < -0.39 is 0 Å². The fraction of sp³-hybridized carbons (Fsp3) is 0.714. The number of nitrogens with zero attached hydrogens (tertiary/aromatic N) is 2. The van der Waals surface area contributed by atoms with E-state index in [1.807, 2.05) is 0 Å². The molecular formula is C14H23N3O. The molecule has 1 fully saturated rings. The van der Waals surface area contributed by atoms with Crippen LogP contribution in [0, 0.1) is 5.92 Å². The molecule has 2 N–H and O–H groups in total. The van der Waals surface area contributed by atoms with Crippen molar-refractivity contribution in [3.8, 4) is 5.88 Å². The van der Waals surface area contributed by atoms with Crippen LogP contribution in [-0.4, -0.2) is 16.6 Å². The van der Waals surface area contributed by atoms with Crippen LogP contribution in [0.15, 0.2) is 6.07 Å². The Balaban J connectivity index is 2.05. The molecule has 0 atom stereocenters. The first-order valence-corrected chi connectivity index (χ1v) is 6.73. The van der Waals surface area contributed by atoms with Crippen LogP contribution in [-0.2, 0) is 5.41 Å². The number of nitrogen functional groups attached to an aromatic ring is 1. The van der Waals surface area contributed by atoms with E-state index in [1.54, 1.807) is 6.07 Å². The van der Waals surface area contributed by atoms with Crippen molar-refractivity contribution in [2.75, 3.05) is 12.3 Å². The van der Waals surface area contributed by atoms with Crippen molar-refractivity contribution in [3.05, 3.63) is 11.9 Å². The molecule has 2 rings (SSSR count). The monoisotopic (exact) mass is 249 g/mol. The number of nitrogens with two attached hydrogens (primary N) is 1. The summed E-state index contributed by atoms with van der Waals surface area (Å²) in [6.45, 7) is 6.97. The van der Waals surface area contributed by atoms with E-state index in [0.29, 0.717) is 17.6 Å². The summed E-state index contributed by atoms with van der Waals surface area (Å²) in [7, 11) is 0. The van der Waals surface area contributed by atoms with Crippen LogP contribution in [0.2, 0.25) is 0 Å². The SMILES string of the molecule is CC(C)(C)c1nc(N)cc(OCC2CCCC2)n1. The lowest BCUT2D eigenvalue weighted by Crippen LogP contribution is -2.18. The molecule has 0 spiro atoms. The number of aromatic nitrogens is 2. The average Bonchev–Trinajstić information content (AvgIpc) is 2.77. The van der Waals surface area contributed by atoms with E-state index in [-0.39, 0.29) is 5.41 Å². The minimum atomic E-state index is -0.110. The van der Waals surface area contributed by atoms with Gasteiger partial charge in [0.25, 0.3) is 0 Å². The summed E-state index contributed by atoms with van der Waals surface area (Å²) in [5.74, 6) is 2.51. The van der Waals surface area contributed by atoms with Crippen molar-refractivity contribution in [2.24, 2.45) is 5.92 Å². The summed E-state index contributed by atoms with van der Waals surface area (Å²) in [4.78, 5) is 8.72. The lowest BCUT2D eigenvalue weighted by molar-refractivity contribution is 0.241. The average molecular weight is 249 g/mol. The molecule has 0 amide bonds. The summed E-state index contributed by atoms with van der Waals surface area (Å²) in [5, 5.41) is 0. The molecular weight excluding hydrogens is 226 g/mol. The van der Waals surface area contributed by atoms with Gasteiger partial charge < -0.3 is 10.5 Å². The van der Waals surface area contributed by atoms with E-state index in [4.69, 9.17) is 10.5 Å². The molecule has 1 aliphatic rings. The van der Waals surface area contributed by atoms with Gasteiger partial charge in [0.1, 0.15) is 11.6 Å². The quantitative estimate of drug-likeness (QED) is 0.894. The minimum Gasteiger partial charge on any atom is -0.477 e. The van der Waals surface area contributed by atoms with Crippen LogP contribution in [0.4, 0.5) is 5.82 Å². The smallest absolute Gasteiger partial charge is 0.218 e. The maximum absolute atomic E-state index is 5.81. The van der Waals surface area contributed by atoms with Gasteiger partial charge in [-0.15, -0.1) is 0 Å². The molecule has 0 radical (unpaired) electrons. The summed E-state index contributed by atoms with van der Waals surface area (Å²) >= 11 is 0. The highest BCUT2D eigenvalue weighted by atomic mass is 16.5. The van der Waals surface area contributed by atoms with Gasteiger partial charge in [-0.2, -0.15) is 4.98 Å². The number of anilines is 1. The van der Waals surface area contributed by atoms with Gasteiger partial charge in [0.05, 0.1) is 6.61 Å². The first kappa shape index (κ1) is 13.1. The molecule has 0 saturated heterocycles. The second-order valence-corrected chi connectivity index (χ2v) is 6.17. The van der Waals surface area contributed by atoms with Crippen LogP contribution >= 0.6 is 0 Å². The van der Waals surface area contributed by atoms with E-state index >= 15 is 0 Å². The van der Waals surface area contributed by atoms with Gasteiger partial charge in [0.15, 0.2) is 0 Å². The molecule has 1 heterocycles. The first-order chi connectivity index (χ1) is 8.45. The Kier molecular flexibility index (Phi) is 3.73. The van der Waals surface area contributed by atoms with Crippen molar-refractivity contribution in [1.29, 1.82) is 0 Å². The van der Waals surface area contributed by atoms with Crippen LogP contribution in [0.5, 0.6) is 5.88 Å².